The van der Waals surface area contributed by atoms with Crippen molar-refractivity contribution in [2.45, 2.75) is 12.3 Å². The zero-order chi connectivity index (χ0) is 34.6. The maximum atomic E-state index is 2.47. The molecule has 52 heavy (non-hydrogen) atoms. The Hall–Kier alpha value is -6.50. The lowest BCUT2D eigenvalue weighted by molar-refractivity contribution is 0.769. The van der Waals surface area contributed by atoms with Gasteiger partial charge in [0.2, 0.25) is 0 Å². The molecule has 0 saturated heterocycles. The van der Waals surface area contributed by atoms with E-state index >= 15 is 0 Å². The first-order chi connectivity index (χ1) is 25.6. The van der Waals surface area contributed by atoms with Crippen molar-refractivity contribution in [1.29, 1.82) is 0 Å². The maximum Gasteiger partial charge on any atom is 0.0714 e. The Labute approximate surface area is 305 Å². The number of hydrogen-bond acceptors (Lipinski definition) is 0. The van der Waals surface area contributed by atoms with E-state index in [1.165, 1.54) is 93.9 Å². The molecule has 0 radical (unpaired) electrons. The van der Waals surface area contributed by atoms with E-state index in [1.54, 1.807) is 0 Å². The van der Waals surface area contributed by atoms with Gasteiger partial charge < -0.3 is 0 Å². The summed E-state index contributed by atoms with van der Waals surface area (Å²) in [4.78, 5) is 0. The molecule has 0 fully saturated rings. The van der Waals surface area contributed by atoms with Crippen molar-refractivity contribution < 1.29 is 0 Å². The standard InChI is InChI=1S/C52H36/c1-35-15-17-38(18-16-35)39-23-27-47(28-24-39)52(46-13-3-2-4-14-46)50-33-44(42-21-19-36-9-5-7-11-40(36)31-42)25-29-48(50)49-30-26-45(34-51(49)52)43-22-20-37-10-6-8-12-41(37)32-43/h2-34H,1H3. The first kappa shape index (κ1) is 30.3. The summed E-state index contributed by atoms with van der Waals surface area (Å²) in [7, 11) is 0. The van der Waals surface area contributed by atoms with Crippen LogP contribution < -0.4 is 0 Å². The third-order valence-corrected chi connectivity index (χ3v) is 11.2. The molecule has 0 N–H and O–H groups in total. The van der Waals surface area contributed by atoms with Gasteiger partial charge in [0.25, 0.3) is 0 Å². The summed E-state index contributed by atoms with van der Waals surface area (Å²) in [5.74, 6) is 0. The molecule has 0 aromatic heterocycles. The second-order valence-electron chi connectivity index (χ2n) is 14.2. The van der Waals surface area contributed by atoms with Crippen molar-refractivity contribution >= 4 is 21.5 Å². The van der Waals surface area contributed by atoms with E-state index in [9.17, 15) is 0 Å². The lowest BCUT2D eigenvalue weighted by Gasteiger charge is -2.34. The average molecular weight is 661 g/mol. The van der Waals surface area contributed by atoms with Crippen molar-refractivity contribution in [3.05, 3.63) is 228 Å². The fourth-order valence-corrected chi connectivity index (χ4v) is 8.56. The summed E-state index contributed by atoms with van der Waals surface area (Å²) in [6.45, 7) is 2.14. The fourth-order valence-electron chi connectivity index (χ4n) is 8.56. The highest BCUT2D eigenvalue weighted by molar-refractivity contribution is 5.93. The minimum atomic E-state index is -0.530. The molecule has 1 aliphatic carbocycles. The normalized spacial score (nSPS) is 12.9. The van der Waals surface area contributed by atoms with Crippen molar-refractivity contribution in [3.8, 4) is 44.5 Å². The molecule has 0 bridgehead atoms. The Balaban J connectivity index is 1.23. The predicted octanol–water partition coefficient (Wildman–Crippen LogP) is 13.7. The van der Waals surface area contributed by atoms with Gasteiger partial charge in [0, 0.05) is 0 Å². The fraction of sp³-hybridized carbons (Fsp3) is 0.0385. The Morgan fingerprint density at radius 3 is 1.19 bits per heavy atom. The highest BCUT2D eigenvalue weighted by atomic mass is 14.5. The first-order valence-corrected chi connectivity index (χ1v) is 18.2. The van der Waals surface area contributed by atoms with Crippen LogP contribution in [0.3, 0.4) is 0 Å². The molecule has 1 aliphatic rings. The number of aryl methyl sites for hydroxylation is 1. The van der Waals surface area contributed by atoms with Crippen LogP contribution >= 0.6 is 0 Å². The Bertz CT molecular complexity index is 2640. The summed E-state index contributed by atoms with van der Waals surface area (Å²) >= 11 is 0. The Kier molecular flexibility index (Phi) is 7.05. The van der Waals surface area contributed by atoms with Crippen LogP contribution in [0.25, 0.3) is 66.1 Å². The molecule has 0 heteroatoms. The van der Waals surface area contributed by atoms with Gasteiger partial charge in [0.1, 0.15) is 0 Å². The monoisotopic (exact) mass is 660 g/mol. The van der Waals surface area contributed by atoms with Gasteiger partial charge in [-0.2, -0.15) is 0 Å². The van der Waals surface area contributed by atoms with Crippen LogP contribution in [-0.2, 0) is 5.41 Å². The van der Waals surface area contributed by atoms with Crippen LogP contribution in [-0.4, -0.2) is 0 Å². The van der Waals surface area contributed by atoms with Gasteiger partial charge in [-0.25, -0.2) is 0 Å². The summed E-state index contributed by atoms with van der Waals surface area (Å²) in [6.07, 6.45) is 0. The summed E-state index contributed by atoms with van der Waals surface area (Å²) < 4.78 is 0. The third-order valence-electron chi connectivity index (χ3n) is 11.2. The molecular weight excluding hydrogens is 625 g/mol. The van der Waals surface area contributed by atoms with Crippen LogP contribution in [0.15, 0.2) is 200 Å². The average Bonchev–Trinajstić information content (AvgIpc) is 3.51. The van der Waals surface area contributed by atoms with E-state index in [-0.39, 0.29) is 0 Å². The van der Waals surface area contributed by atoms with Gasteiger partial charge in [0.05, 0.1) is 5.41 Å². The Morgan fingerprint density at radius 1 is 0.288 bits per heavy atom. The van der Waals surface area contributed by atoms with Crippen molar-refractivity contribution in [2.24, 2.45) is 0 Å². The molecule has 9 aromatic rings. The molecule has 9 aromatic carbocycles. The Morgan fingerprint density at radius 2 is 0.673 bits per heavy atom. The molecule has 0 atom stereocenters. The van der Waals surface area contributed by atoms with Gasteiger partial charge in [-0.15, -0.1) is 0 Å². The molecule has 10 rings (SSSR count). The molecule has 0 saturated carbocycles. The van der Waals surface area contributed by atoms with E-state index in [1.807, 2.05) is 0 Å². The number of benzene rings is 9. The molecule has 0 spiro atoms. The second-order valence-corrected chi connectivity index (χ2v) is 14.2. The molecule has 0 nitrogen and oxygen atoms in total. The summed E-state index contributed by atoms with van der Waals surface area (Å²) in [5, 5.41) is 5.02. The minimum absolute atomic E-state index is 0.530. The van der Waals surface area contributed by atoms with E-state index in [4.69, 9.17) is 0 Å². The van der Waals surface area contributed by atoms with E-state index in [0.717, 1.165) is 0 Å². The first-order valence-electron chi connectivity index (χ1n) is 18.2. The van der Waals surface area contributed by atoms with Crippen molar-refractivity contribution in [3.63, 3.8) is 0 Å². The zero-order valence-electron chi connectivity index (χ0n) is 29.1. The molecular formula is C52H36. The SMILES string of the molecule is Cc1ccc(-c2ccc(C3(c4ccccc4)c4cc(-c5ccc6ccccc6c5)ccc4-c4ccc(-c5ccc6ccccc6c5)cc43)cc2)cc1. The lowest BCUT2D eigenvalue weighted by Crippen LogP contribution is -2.28. The molecule has 0 heterocycles. The van der Waals surface area contributed by atoms with Crippen LogP contribution in [0.1, 0.15) is 27.8 Å². The maximum absolute atomic E-state index is 2.47. The quantitative estimate of drug-likeness (QED) is 0.172. The van der Waals surface area contributed by atoms with Crippen molar-refractivity contribution in [1.82, 2.24) is 0 Å². The van der Waals surface area contributed by atoms with Crippen LogP contribution in [0, 0.1) is 6.92 Å². The molecule has 0 aliphatic heterocycles. The van der Waals surface area contributed by atoms with E-state index in [2.05, 4.69) is 207 Å². The number of rotatable bonds is 5. The largest absolute Gasteiger partial charge is 0.0714 e. The van der Waals surface area contributed by atoms with E-state index in [0.29, 0.717) is 0 Å². The topological polar surface area (TPSA) is 0 Å². The van der Waals surface area contributed by atoms with Gasteiger partial charge >= 0.3 is 0 Å². The molecule has 0 unspecified atom stereocenters. The summed E-state index contributed by atoms with van der Waals surface area (Å²) in [5.41, 5.74) is 15.8. The molecule has 244 valence electrons. The van der Waals surface area contributed by atoms with Gasteiger partial charge in [-0.05, 0) is 119 Å². The zero-order valence-corrected chi connectivity index (χ0v) is 29.1. The lowest BCUT2D eigenvalue weighted by atomic mass is 9.67. The van der Waals surface area contributed by atoms with Crippen molar-refractivity contribution in [2.75, 3.05) is 0 Å². The second kappa shape index (κ2) is 12.1. The van der Waals surface area contributed by atoms with Gasteiger partial charge in [-0.3, -0.25) is 0 Å². The van der Waals surface area contributed by atoms with Crippen LogP contribution in [0.4, 0.5) is 0 Å². The highest BCUT2D eigenvalue weighted by Crippen LogP contribution is 2.57. The summed E-state index contributed by atoms with van der Waals surface area (Å²) in [6, 6.07) is 74.6. The predicted molar refractivity (Wildman–Crippen MR) is 220 cm³/mol. The number of fused-ring (bicyclic) bond motifs is 5. The van der Waals surface area contributed by atoms with Gasteiger partial charge in [-0.1, -0.05) is 181 Å². The third kappa shape index (κ3) is 4.83. The van der Waals surface area contributed by atoms with E-state index < -0.39 is 5.41 Å². The highest BCUT2D eigenvalue weighted by Gasteiger charge is 2.46. The number of hydrogen-bond donors (Lipinski definition) is 0. The smallest absolute Gasteiger partial charge is 0.0622 e. The molecule has 0 amide bonds. The van der Waals surface area contributed by atoms with Crippen LogP contribution in [0.2, 0.25) is 0 Å². The minimum Gasteiger partial charge on any atom is -0.0622 e. The van der Waals surface area contributed by atoms with Crippen LogP contribution in [0.5, 0.6) is 0 Å². The van der Waals surface area contributed by atoms with Gasteiger partial charge in [0.15, 0.2) is 0 Å².